The first-order valence-electron chi connectivity index (χ1n) is 6.64. The quantitative estimate of drug-likeness (QED) is 0.633. The molecular formula is C16H15NO3. The number of rotatable bonds is 3. The molecular weight excluding hydrogens is 254 g/mol. The van der Waals surface area contributed by atoms with Gasteiger partial charge in [-0.05, 0) is 25.0 Å². The van der Waals surface area contributed by atoms with Gasteiger partial charge in [0.15, 0.2) is 0 Å². The average molecular weight is 269 g/mol. The van der Waals surface area contributed by atoms with Crippen LogP contribution < -0.4 is 0 Å². The first-order chi connectivity index (χ1) is 9.63. The van der Waals surface area contributed by atoms with E-state index in [2.05, 4.69) is 4.98 Å². The third-order valence-electron chi connectivity index (χ3n) is 4.04. The number of hydrogen-bond donors (Lipinski definition) is 0. The highest BCUT2D eigenvalue weighted by Gasteiger charge is 2.49. The summed E-state index contributed by atoms with van der Waals surface area (Å²) in [5.74, 6) is -0.536. The fourth-order valence-corrected chi connectivity index (χ4v) is 2.80. The number of pyridine rings is 1. The molecule has 0 amide bonds. The van der Waals surface area contributed by atoms with Gasteiger partial charge in [0, 0.05) is 18.0 Å². The molecule has 1 unspecified atom stereocenters. The second-order valence-electron chi connectivity index (χ2n) is 5.19. The van der Waals surface area contributed by atoms with Gasteiger partial charge in [0.05, 0.1) is 12.1 Å². The number of nitrogens with zero attached hydrogens (tertiary/aromatic N) is 1. The van der Waals surface area contributed by atoms with Crippen molar-refractivity contribution >= 4 is 22.7 Å². The van der Waals surface area contributed by atoms with Gasteiger partial charge in [-0.25, -0.2) is 0 Å². The number of benzene rings is 1. The number of carbonyl (C=O) groups is 2. The minimum absolute atomic E-state index is 0.132. The fraction of sp³-hybridized carbons (Fsp3) is 0.312. The van der Waals surface area contributed by atoms with Crippen LogP contribution in [0.2, 0.25) is 0 Å². The molecule has 0 N–H and O–H groups in total. The number of hydrogen-bond acceptors (Lipinski definition) is 4. The van der Waals surface area contributed by atoms with Crippen molar-refractivity contribution < 1.29 is 14.3 Å². The Kier molecular flexibility index (Phi) is 3.01. The lowest BCUT2D eigenvalue weighted by Gasteiger charge is -2.21. The lowest BCUT2D eigenvalue weighted by atomic mass is 9.77. The monoisotopic (exact) mass is 269 g/mol. The van der Waals surface area contributed by atoms with Crippen LogP contribution in [0.4, 0.5) is 0 Å². The van der Waals surface area contributed by atoms with Gasteiger partial charge in [-0.2, -0.15) is 0 Å². The second-order valence-corrected chi connectivity index (χ2v) is 5.19. The van der Waals surface area contributed by atoms with Crippen molar-refractivity contribution in [3.63, 3.8) is 0 Å². The standard InChI is InChI=1S/C16H15NO3/c1-11(18)16(7-9-20-15(16)19)10-13-5-2-4-12-6-3-8-17-14(12)13/h2-6,8H,7,9-10H2,1H3. The molecule has 3 rings (SSSR count). The number of cyclic esters (lactones) is 1. The number of carbonyl (C=O) groups excluding carboxylic acids is 2. The van der Waals surface area contributed by atoms with Crippen LogP contribution in [0.3, 0.4) is 0 Å². The zero-order valence-electron chi connectivity index (χ0n) is 11.3. The Hall–Kier alpha value is -2.23. The second kappa shape index (κ2) is 4.71. The minimum atomic E-state index is -1.04. The van der Waals surface area contributed by atoms with Gasteiger partial charge in [-0.1, -0.05) is 24.3 Å². The first-order valence-corrected chi connectivity index (χ1v) is 6.64. The van der Waals surface area contributed by atoms with Crippen molar-refractivity contribution in [2.75, 3.05) is 6.61 Å². The van der Waals surface area contributed by atoms with E-state index in [1.54, 1.807) is 6.20 Å². The van der Waals surface area contributed by atoms with Gasteiger partial charge in [-0.15, -0.1) is 0 Å². The normalized spacial score (nSPS) is 21.9. The molecule has 2 aromatic rings. The highest BCUT2D eigenvalue weighted by molar-refractivity contribution is 6.04. The van der Waals surface area contributed by atoms with E-state index in [-0.39, 0.29) is 5.78 Å². The van der Waals surface area contributed by atoms with Crippen LogP contribution in [0.15, 0.2) is 36.5 Å². The van der Waals surface area contributed by atoms with E-state index in [1.165, 1.54) is 6.92 Å². The Morgan fingerprint density at radius 2 is 2.15 bits per heavy atom. The van der Waals surface area contributed by atoms with E-state index < -0.39 is 11.4 Å². The topological polar surface area (TPSA) is 56.3 Å². The molecule has 20 heavy (non-hydrogen) atoms. The van der Waals surface area contributed by atoms with Crippen LogP contribution in [0, 0.1) is 5.41 Å². The van der Waals surface area contributed by atoms with E-state index in [9.17, 15) is 9.59 Å². The van der Waals surface area contributed by atoms with E-state index in [0.717, 1.165) is 16.5 Å². The summed E-state index contributed by atoms with van der Waals surface area (Å²) >= 11 is 0. The maximum Gasteiger partial charge on any atom is 0.320 e. The van der Waals surface area contributed by atoms with Crippen molar-refractivity contribution in [3.05, 3.63) is 42.1 Å². The molecule has 102 valence electrons. The lowest BCUT2D eigenvalue weighted by Crippen LogP contribution is -2.36. The van der Waals surface area contributed by atoms with Crippen LogP contribution in [-0.2, 0) is 20.7 Å². The van der Waals surface area contributed by atoms with Crippen LogP contribution in [0.5, 0.6) is 0 Å². The summed E-state index contributed by atoms with van der Waals surface area (Å²) in [6.07, 6.45) is 2.53. The lowest BCUT2D eigenvalue weighted by molar-refractivity contribution is -0.150. The Morgan fingerprint density at radius 1 is 1.35 bits per heavy atom. The molecule has 0 aliphatic carbocycles. The molecule has 1 saturated heterocycles. The van der Waals surface area contributed by atoms with Crippen molar-refractivity contribution in [2.45, 2.75) is 19.8 Å². The highest BCUT2D eigenvalue weighted by Crippen LogP contribution is 2.36. The number of aromatic nitrogens is 1. The molecule has 1 atom stereocenters. The maximum atomic E-state index is 12.0. The molecule has 0 spiro atoms. The predicted octanol–water partition coefficient (Wildman–Crippen LogP) is 2.30. The summed E-state index contributed by atoms with van der Waals surface area (Å²) in [6, 6.07) is 9.66. The minimum Gasteiger partial charge on any atom is -0.465 e. The number of esters is 1. The Labute approximate surface area is 116 Å². The summed E-state index contributed by atoms with van der Waals surface area (Å²) in [4.78, 5) is 28.4. The molecule has 4 nitrogen and oxygen atoms in total. The van der Waals surface area contributed by atoms with Gasteiger partial charge in [0.2, 0.25) is 0 Å². The molecule has 0 saturated carbocycles. The Bertz CT molecular complexity index is 690. The van der Waals surface area contributed by atoms with Gasteiger partial charge in [0.25, 0.3) is 0 Å². The molecule has 1 aliphatic heterocycles. The molecule has 4 heteroatoms. The molecule has 0 bridgehead atoms. The summed E-state index contributed by atoms with van der Waals surface area (Å²) in [6.45, 7) is 1.78. The van der Waals surface area contributed by atoms with E-state index in [0.29, 0.717) is 19.4 Å². The molecule has 1 fully saturated rings. The number of fused-ring (bicyclic) bond motifs is 1. The largest absolute Gasteiger partial charge is 0.465 e. The smallest absolute Gasteiger partial charge is 0.320 e. The van der Waals surface area contributed by atoms with Gasteiger partial charge >= 0.3 is 5.97 Å². The average Bonchev–Trinajstić information content (AvgIpc) is 2.82. The van der Waals surface area contributed by atoms with E-state index >= 15 is 0 Å². The van der Waals surface area contributed by atoms with Crippen molar-refractivity contribution in [3.8, 4) is 0 Å². The molecule has 1 aromatic carbocycles. The summed E-state index contributed by atoms with van der Waals surface area (Å²) in [7, 11) is 0. The van der Waals surface area contributed by atoms with Gasteiger partial charge in [-0.3, -0.25) is 14.6 Å². The molecule has 1 aliphatic rings. The number of ether oxygens (including phenoxy) is 1. The van der Waals surface area contributed by atoms with Gasteiger partial charge < -0.3 is 4.74 Å². The third-order valence-corrected chi connectivity index (χ3v) is 4.04. The Balaban J connectivity index is 2.08. The number of ketones is 1. The van der Waals surface area contributed by atoms with Crippen molar-refractivity contribution in [1.82, 2.24) is 4.98 Å². The molecule has 2 heterocycles. The molecule has 1 aromatic heterocycles. The third kappa shape index (κ3) is 1.88. The van der Waals surface area contributed by atoms with Crippen molar-refractivity contribution in [1.29, 1.82) is 0 Å². The number of Topliss-reactive ketones (excluding diaryl/α,β-unsaturated/α-hetero) is 1. The van der Waals surface area contributed by atoms with Crippen molar-refractivity contribution in [2.24, 2.45) is 5.41 Å². The van der Waals surface area contributed by atoms with Crippen LogP contribution in [0.1, 0.15) is 18.9 Å². The van der Waals surface area contributed by atoms with Gasteiger partial charge in [0.1, 0.15) is 11.2 Å². The highest BCUT2D eigenvalue weighted by atomic mass is 16.5. The zero-order chi connectivity index (χ0) is 14.2. The van der Waals surface area contributed by atoms with E-state index in [4.69, 9.17) is 4.74 Å². The summed E-state index contributed by atoms with van der Waals surface area (Å²) in [5, 5.41) is 1.01. The summed E-state index contributed by atoms with van der Waals surface area (Å²) in [5.41, 5.74) is 0.721. The predicted molar refractivity (Wildman–Crippen MR) is 74.1 cm³/mol. The maximum absolute atomic E-state index is 12.0. The fourth-order valence-electron chi connectivity index (χ4n) is 2.80. The van der Waals surface area contributed by atoms with Crippen LogP contribution in [0.25, 0.3) is 10.9 Å². The van der Waals surface area contributed by atoms with E-state index in [1.807, 2.05) is 30.3 Å². The summed E-state index contributed by atoms with van der Waals surface area (Å²) < 4.78 is 5.03. The SMILES string of the molecule is CC(=O)C1(Cc2cccc3cccnc23)CCOC1=O. The zero-order valence-corrected chi connectivity index (χ0v) is 11.3. The van der Waals surface area contributed by atoms with Crippen LogP contribution in [-0.4, -0.2) is 23.3 Å². The Morgan fingerprint density at radius 3 is 2.85 bits per heavy atom. The first kappa shape index (κ1) is 12.8. The number of para-hydroxylation sites is 1. The van der Waals surface area contributed by atoms with Crippen LogP contribution >= 0.6 is 0 Å². The molecule has 0 radical (unpaired) electrons.